The maximum Gasteiger partial charge on any atom is 0.319 e. The van der Waals surface area contributed by atoms with Crippen LogP contribution in [-0.4, -0.2) is 84.9 Å². The summed E-state index contributed by atoms with van der Waals surface area (Å²) < 4.78 is 24.3. The Balaban J connectivity index is 1.82. The van der Waals surface area contributed by atoms with E-state index in [1.807, 2.05) is 12.1 Å². The molecule has 2 aliphatic heterocycles. The molecule has 126 valence electrons. The number of aromatic nitrogens is 1. The van der Waals surface area contributed by atoms with E-state index in [-0.39, 0.29) is 29.6 Å². The van der Waals surface area contributed by atoms with Crippen LogP contribution in [0.15, 0.2) is 24.5 Å². The molecule has 3 rings (SSSR count). The number of carbonyl (C=O) groups excluding carboxylic acids is 1. The third-order valence-corrected chi connectivity index (χ3v) is 6.23. The van der Waals surface area contributed by atoms with Crippen LogP contribution in [0.3, 0.4) is 0 Å². The average molecular weight is 338 g/mol. The summed E-state index contributed by atoms with van der Waals surface area (Å²) >= 11 is 0. The zero-order chi connectivity index (χ0) is 16.6. The predicted molar refractivity (Wildman–Crippen MR) is 86.7 cm³/mol. The van der Waals surface area contributed by atoms with Crippen LogP contribution in [0.2, 0.25) is 0 Å². The standard InChI is InChI=1S/C15H22N4O3S/c1-17(2)15(20)19-7-6-18(9-12-4-3-5-16-8-12)13-10-23(21,22)11-14(13)19/h3-5,8,13-14H,6-7,9-11H2,1-2H3/t13-,14+/m1/s1. The SMILES string of the molecule is CN(C)C(=O)N1CCN(Cc2cccnc2)[C@@H]2CS(=O)(=O)C[C@@H]21. The maximum absolute atomic E-state index is 12.3. The summed E-state index contributed by atoms with van der Waals surface area (Å²) in [6.07, 6.45) is 3.52. The zero-order valence-corrected chi connectivity index (χ0v) is 14.2. The van der Waals surface area contributed by atoms with Crippen molar-refractivity contribution in [1.29, 1.82) is 0 Å². The quantitative estimate of drug-likeness (QED) is 0.762. The lowest BCUT2D eigenvalue weighted by Crippen LogP contribution is -2.61. The van der Waals surface area contributed by atoms with E-state index in [9.17, 15) is 13.2 Å². The van der Waals surface area contributed by atoms with Gasteiger partial charge in [0.05, 0.1) is 17.5 Å². The minimum Gasteiger partial charge on any atom is -0.331 e. The third-order valence-electron chi connectivity index (χ3n) is 4.53. The Kier molecular flexibility index (Phi) is 4.29. The molecule has 7 nitrogen and oxygen atoms in total. The van der Waals surface area contributed by atoms with Crippen molar-refractivity contribution in [2.24, 2.45) is 0 Å². The molecular weight excluding hydrogens is 316 g/mol. The van der Waals surface area contributed by atoms with Crippen LogP contribution in [0.25, 0.3) is 0 Å². The van der Waals surface area contributed by atoms with Gasteiger partial charge in [-0.2, -0.15) is 0 Å². The molecule has 0 aliphatic carbocycles. The van der Waals surface area contributed by atoms with Gasteiger partial charge in [-0.1, -0.05) is 6.07 Å². The second kappa shape index (κ2) is 6.09. The number of hydrogen-bond donors (Lipinski definition) is 0. The molecule has 0 N–H and O–H groups in total. The molecule has 1 aromatic heterocycles. The third kappa shape index (κ3) is 3.32. The van der Waals surface area contributed by atoms with Crippen molar-refractivity contribution in [2.75, 3.05) is 38.7 Å². The molecule has 0 aromatic carbocycles. The molecule has 2 fully saturated rings. The minimum atomic E-state index is -3.12. The Morgan fingerprint density at radius 3 is 2.70 bits per heavy atom. The van der Waals surface area contributed by atoms with Crippen LogP contribution in [0.5, 0.6) is 0 Å². The van der Waals surface area contributed by atoms with E-state index in [2.05, 4.69) is 9.88 Å². The van der Waals surface area contributed by atoms with E-state index >= 15 is 0 Å². The highest BCUT2D eigenvalue weighted by molar-refractivity contribution is 7.91. The summed E-state index contributed by atoms with van der Waals surface area (Å²) in [4.78, 5) is 21.9. The van der Waals surface area contributed by atoms with Crippen molar-refractivity contribution in [3.63, 3.8) is 0 Å². The smallest absolute Gasteiger partial charge is 0.319 e. The number of rotatable bonds is 2. The summed E-state index contributed by atoms with van der Waals surface area (Å²) in [5.41, 5.74) is 1.06. The normalized spacial score (nSPS) is 26.8. The molecule has 0 saturated carbocycles. The maximum atomic E-state index is 12.3. The summed E-state index contributed by atoms with van der Waals surface area (Å²) in [5.74, 6) is 0.177. The number of nitrogens with zero attached hydrogens (tertiary/aromatic N) is 4. The molecule has 2 amide bonds. The Bertz CT molecular complexity index is 677. The van der Waals surface area contributed by atoms with E-state index in [0.717, 1.165) is 5.56 Å². The first-order chi connectivity index (χ1) is 10.9. The molecule has 2 aliphatic rings. The van der Waals surface area contributed by atoms with E-state index in [0.29, 0.717) is 19.6 Å². The van der Waals surface area contributed by atoms with Gasteiger partial charge in [0.2, 0.25) is 0 Å². The van der Waals surface area contributed by atoms with Gasteiger partial charge in [0.25, 0.3) is 0 Å². The number of sulfone groups is 1. The second-order valence-corrected chi connectivity index (χ2v) is 8.57. The fraction of sp³-hybridized carbons (Fsp3) is 0.600. The largest absolute Gasteiger partial charge is 0.331 e. The molecule has 1 aromatic rings. The van der Waals surface area contributed by atoms with E-state index in [1.54, 1.807) is 31.4 Å². The lowest BCUT2D eigenvalue weighted by molar-refractivity contribution is 0.0520. The van der Waals surface area contributed by atoms with Crippen LogP contribution in [0, 0.1) is 0 Å². The summed E-state index contributed by atoms with van der Waals surface area (Å²) in [6, 6.07) is 3.35. The lowest BCUT2D eigenvalue weighted by atomic mass is 10.0. The number of pyridine rings is 1. The highest BCUT2D eigenvalue weighted by atomic mass is 32.2. The van der Waals surface area contributed by atoms with Crippen molar-refractivity contribution >= 4 is 15.9 Å². The fourth-order valence-corrected chi connectivity index (χ4v) is 5.45. The first kappa shape index (κ1) is 16.2. The monoisotopic (exact) mass is 338 g/mol. The van der Waals surface area contributed by atoms with E-state index in [4.69, 9.17) is 0 Å². The van der Waals surface area contributed by atoms with Gasteiger partial charge in [-0.15, -0.1) is 0 Å². The Morgan fingerprint density at radius 1 is 1.30 bits per heavy atom. The summed E-state index contributed by atoms with van der Waals surface area (Å²) in [6.45, 7) is 1.88. The van der Waals surface area contributed by atoms with Gasteiger partial charge in [-0.3, -0.25) is 9.88 Å². The van der Waals surface area contributed by atoms with Crippen molar-refractivity contribution < 1.29 is 13.2 Å². The van der Waals surface area contributed by atoms with Crippen molar-refractivity contribution in [2.45, 2.75) is 18.6 Å². The molecule has 2 atom stereocenters. The lowest BCUT2D eigenvalue weighted by Gasteiger charge is -2.44. The number of fused-ring (bicyclic) bond motifs is 1. The Labute approximate surface area is 136 Å². The van der Waals surface area contributed by atoms with Crippen LogP contribution < -0.4 is 0 Å². The molecular formula is C15H22N4O3S. The molecule has 0 bridgehead atoms. The Hall–Kier alpha value is -1.67. The fourth-order valence-electron chi connectivity index (χ4n) is 3.44. The molecule has 23 heavy (non-hydrogen) atoms. The first-order valence-electron chi connectivity index (χ1n) is 7.69. The van der Waals surface area contributed by atoms with E-state index < -0.39 is 9.84 Å². The molecule has 0 spiro atoms. The molecule has 0 unspecified atom stereocenters. The van der Waals surface area contributed by atoms with E-state index in [1.165, 1.54) is 4.90 Å². The second-order valence-electron chi connectivity index (χ2n) is 6.41. The number of carbonyl (C=O) groups is 1. The number of amides is 2. The highest BCUT2D eigenvalue weighted by Gasteiger charge is 2.48. The van der Waals surface area contributed by atoms with Gasteiger partial charge in [0.1, 0.15) is 0 Å². The zero-order valence-electron chi connectivity index (χ0n) is 13.4. The van der Waals surface area contributed by atoms with Crippen molar-refractivity contribution in [3.8, 4) is 0 Å². The summed E-state index contributed by atoms with van der Waals surface area (Å²) in [7, 11) is 0.279. The van der Waals surface area contributed by atoms with Gasteiger partial charge in [0.15, 0.2) is 9.84 Å². The topological polar surface area (TPSA) is 73.8 Å². The van der Waals surface area contributed by atoms with Crippen molar-refractivity contribution in [1.82, 2.24) is 19.7 Å². The van der Waals surface area contributed by atoms with Gasteiger partial charge in [-0.25, -0.2) is 13.2 Å². The summed E-state index contributed by atoms with van der Waals surface area (Å²) in [5, 5.41) is 0. The van der Waals surface area contributed by atoms with Gasteiger partial charge < -0.3 is 9.80 Å². The number of urea groups is 1. The minimum absolute atomic E-state index is 0.0563. The van der Waals surface area contributed by atoms with Crippen LogP contribution in [-0.2, 0) is 16.4 Å². The van der Waals surface area contributed by atoms with Crippen LogP contribution >= 0.6 is 0 Å². The van der Waals surface area contributed by atoms with Crippen LogP contribution in [0.4, 0.5) is 4.79 Å². The van der Waals surface area contributed by atoms with Gasteiger partial charge >= 0.3 is 6.03 Å². The van der Waals surface area contributed by atoms with Crippen LogP contribution in [0.1, 0.15) is 5.56 Å². The van der Waals surface area contributed by atoms with Gasteiger partial charge in [0, 0.05) is 52.2 Å². The highest BCUT2D eigenvalue weighted by Crippen LogP contribution is 2.28. The molecule has 3 heterocycles. The predicted octanol–water partition coefficient (Wildman–Crippen LogP) is 0.0464. The molecule has 8 heteroatoms. The molecule has 2 saturated heterocycles. The average Bonchev–Trinajstić information content (AvgIpc) is 2.83. The first-order valence-corrected chi connectivity index (χ1v) is 9.51. The van der Waals surface area contributed by atoms with Crippen molar-refractivity contribution in [3.05, 3.63) is 30.1 Å². The Morgan fingerprint density at radius 2 is 2.04 bits per heavy atom. The number of hydrogen-bond acceptors (Lipinski definition) is 5. The van der Waals surface area contributed by atoms with Gasteiger partial charge in [-0.05, 0) is 11.6 Å². The number of piperazine rings is 1. The molecule has 0 radical (unpaired) electrons.